The minimum absolute atomic E-state index is 0.180. The van der Waals surface area contributed by atoms with Crippen molar-refractivity contribution in [1.29, 1.82) is 0 Å². The third-order valence-electron chi connectivity index (χ3n) is 4.31. The van der Waals surface area contributed by atoms with E-state index in [9.17, 15) is 9.59 Å². The molecule has 0 saturated heterocycles. The summed E-state index contributed by atoms with van der Waals surface area (Å²) in [4.78, 5) is 23.7. The summed E-state index contributed by atoms with van der Waals surface area (Å²) in [6.07, 6.45) is 6.94. The molecule has 0 bridgehead atoms. The molecular weight excluding hydrogens is 242 g/mol. The molecule has 0 unspecified atom stereocenters. The predicted octanol–water partition coefficient (Wildman–Crippen LogP) is 0.362. The maximum absolute atomic E-state index is 12.0. The van der Waals surface area contributed by atoms with Gasteiger partial charge in [-0.1, -0.05) is 0 Å². The van der Waals surface area contributed by atoms with Gasteiger partial charge in [-0.25, -0.2) is 4.79 Å². The summed E-state index contributed by atoms with van der Waals surface area (Å²) in [6, 6.07) is 0.571. The Morgan fingerprint density at radius 2 is 1.79 bits per heavy atom. The van der Waals surface area contributed by atoms with E-state index in [1.165, 1.54) is 41.9 Å². The van der Waals surface area contributed by atoms with Crippen LogP contribution in [0.2, 0.25) is 0 Å². The van der Waals surface area contributed by atoms with Gasteiger partial charge in [-0.2, -0.15) is 0 Å². The van der Waals surface area contributed by atoms with Crippen LogP contribution >= 0.6 is 0 Å². The summed E-state index contributed by atoms with van der Waals surface area (Å²) in [5.41, 5.74) is 0.228. The fourth-order valence-electron chi connectivity index (χ4n) is 2.86. The monoisotopic (exact) mass is 263 g/mol. The van der Waals surface area contributed by atoms with Gasteiger partial charge in [0.25, 0.3) is 5.56 Å². The first kappa shape index (κ1) is 12.7. The van der Waals surface area contributed by atoms with Gasteiger partial charge < -0.3 is 9.88 Å². The van der Waals surface area contributed by atoms with Gasteiger partial charge >= 0.3 is 5.69 Å². The Bertz CT molecular complexity index is 582. The number of aryl methyl sites for hydroxylation is 1. The maximum Gasteiger partial charge on any atom is 0.330 e. The van der Waals surface area contributed by atoms with Gasteiger partial charge in [0.05, 0.1) is 0 Å². The number of rotatable bonds is 5. The lowest BCUT2D eigenvalue weighted by molar-refractivity contribution is 0.413. The van der Waals surface area contributed by atoms with Gasteiger partial charge in [0.2, 0.25) is 0 Å². The fraction of sp³-hybridized carbons (Fsp3) is 0.714. The summed E-state index contributed by atoms with van der Waals surface area (Å²) in [5.74, 6) is 1.62. The molecule has 2 aliphatic carbocycles. The van der Waals surface area contributed by atoms with Crippen molar-refractivity contribution in [1.82, 2.24) is 14.5 Å². The summed E-state index contributed by atoms with van der Waals surface area (Å²) < 4.78 is 2.65. The predicted molar refractivity (Wildman–Crippen MR) is 73.0 cm³/mol. The van der Waals surface area contributed by atoms with E-state index in [0.29, 0.717) is 18.2 Å². The number of nitrogens with one attached hydrogen (secondary N) is 1. The van der Waals surface area contributed by atoms with E-state index in [1.807, 2.05) is 0 Å². The third-order valence-corrected chi connectivity index (χ3v) is 4.31. The van der Waals surface area contributed by atoms with E-state index in [4.69, 9.17) is 0 Å². The Balaban J connectivity index is 1.76. The van der Waals surface area contributed by atoms with Gasteiger partial charge in [0.1, 0.15) is 0 Å². The van der Waals surface area contributed by atoms with Crippen LogP contribution in [0.4, 0.5) is 0 Å². The Morgan fingerprint density at radius 3 is 2.32 bits per heavy atom. The molecule has 0 aliphatic heterocycles. The lowest BCUT2D eigenvalue weighted by atomic mass is 10.1. The summed E-state index contributed by atoms with van der Waals surface area (Å²) in [7, 11) is 3.22. The number of nitrogens with zero attached hydrogens (tertiary/aromatic N) is 2. The second-order valence-corrected chi connectivity index (χ2v) is 5.99. The van der Waals surface area contributed by atoms with Crippen molar-refractivity contribution in [3.8, 4) is 0 Å². The van der Waals surface area contributed by atoms with Crippen LogP contribution in [-0.4, -0.2) is 15.2 Å². The van der Waals surface area contributed by atoms with Crippen molar-refractivity contribution in [3.05, 3.63) is 32.6 Å². The van der Waals surface area contributed by atoms with E-state index in [2.05, 4.69) is 5.32 Å². The van der Waals surface area contributed by atoms with Crippen LogP contribution in [0.15, 0.2) is 15.8 Å². The molecule has 1 heterocycles. The average Bonchev–Trinajstić information content (AvgIpc) is 3.25. The first-order chi connectivity index (χ1) is 9.08. The van der Waals surface area contributed by atoms with E-state index in [1.54, 1.807) is 13.2 Å². The van der Waals surface area contributed by atoms with Gasteiger partial charge in [-0.3, -0.25) is 9.36 Å². The first-order valence-electron chi connectivity index (χ1n) is 7.07. The molecule has 3 rings (SSSR count). The van der Waals surface area contributed by atoms with E-state index in [-0.39, 0.29) is 11.2 Å². The number of hydrogen-bond donors (Lipinski definition) is 1. The zero-order valence-corrected chi connectivity index (χ0v) is 11.6. The van der Waals surface area contributed by atoms with Crippen molar-refractivity contribution >= 4 is 0 Å². The Morgan fingerprint density at radius 1 is 1.21 bits per heavy atom. The smallest absolute Gasteiger partial charge is 0.309 e. The minimum Gasteiger partial charge on any atom is -0.309 e. The summed E-state index contributed by atoms with van der Waals surface area (Å²) >= 11 is 0. The molecule has 0 spiro atoms. The molecule has 1 N–H and O–H groups in total. The van der Waals surface area contributed by atoms with Gasteiger partial charge in [-0.05, 0) is 37.5 Å². The molecule has 19 heavy (non-hydrogen) atoms. The molecule has 2 fully saturated rings. The van der Waals surface area contributed by atoms with E-state index < -0.39 is 0 Å². The first-order valence-corrected chi connectivity index (χ1v) is 7.07. The molecule has 2 aliphatic rings. The SMILES string of the molecule is Cn1cc(CNC(C2CC2)C2CC2)c(=O)n(C)c1=O. The topological polar surface area (TPSA) is 56.0 Å². The molecule has 0 radical (unpaired) electrons. The van der Waals surface area contributed by atoms with Crippen LogP contribution in [0.3, 0.4) is 0 Å². The van der Waals surface area contributed by atoms with E-state index in [0.717, 1.165) is 11.8 Å². The molecule has 5 nitrogen and oxygen atoms in total. The van der Waals surface area contributed by atoms with Crippen molar-refractivity contribution < 1.29 is 0 Å². The van der Waals surface area contributed by atoms with E-state index >= 15 is 0 Å². The molecule has 1 aromatic rings. The highest BCUT2D eigenvalue weighted by Gasteiger charge is 2.41. The molecule has 1 aromatic heterocycles. The summed E-state index contributed by atoms with van der Waals surface area (Å²) in [5, 5.41) is 3.55. The van der Waals surface area contributed by atoms with Gasteiger partial charge in [0.15, 0.2) is 0 Å². The Labute approximate surface area is 112 Å². The molecule has 104 valence electrons. The summed E-state index contributed by atoms with van der Waals surface area (Å²) in [6.45, 7) is 0.568. The largest absolute Gasteiger partial charge is 0.330 e. The van der Waals surface area contributed by atoms with Crippen molar-refractivity contribution in [2.75, 3.05) is 0 Å². The lowest BCUT2D eigenvalue weighted by Crippen LogP contribution is -2.41. The quantitative estimate of drug-likeness (QED) is 0.834. The highest BCUT2D eigenvalue weighted by atomic mass is 16.2. The number of aromatic nitrogens is 2. The molecule has 0 amide bonds. The van der Waals surface area contributed by atoms with Crippen molar-refractivity contribution in [3.63, 3.8) is 0 Å². The zero-order chi connectivity index (χ0) is 13.6. The minimum atomic E-state index is -0.269. The zero-order valence-electron chi connectivity index (χ0n) is 11.6. The van der Waals surface area contributed by atoms with Crippen molar-refractivity contribution in [2.24, 2.45) is 25.9 Å². The highest BCUT2D eigenvalue weighted by Crippen LogP contribution is 2.44. The van der Waals surface area contributed by atoms with Gasteiger partial charge in [-0.15, -0.1) is 0 Å². The van der Waals surface area contributed by atoms with Crippen LogP contribution in [0.5, 0.6) is 0 Å². The lowest BCUT2D eigenvalue weighted by Gasteiger charge is -2.17. The standard InChI is InChI=1S/C14H21N3O2/c1-16-8-11(13(18)17(2)14(16)19)7-15-12(9-3-4-9)10-5-6-10/h8-10,12,15H,3-7H2,1-2H3. The Hall–Kier alpha value is -1.36. The Kier molecular flexibility index (Phi) is 3.09. The fourth-order valence-corrected chi connectivity index (χ4v) is 2.86. The third kappa shape index (κ3) is 2.52. The van der Waals surface area contributed by atoms with Crippen LogP contribution in [-0.2, 0) is 20.6 Å². The average molecular weight is 263 g/mol. The molecule has 5 heteroatoms. The normalized spacial score (nSPS) is 19.1. The second-order valence-electron chi connectivity index (χ2n) is 5.99. The van der Waals surface area contributed by atoms with Crippen LogP contribution < -0.4 is 16.6 Å². The highest BCUT2D eigenvalue weighted by molar-refractivity contribution is 5.07. The van der Waals surface area contributed by atoms with Crippen LogP contribution in [0.1, 0.15) is 31.2 Å². The molecule has 0 atom stereocenters. The molecule has 0 aromatic carbocycles. The second kappa shape index (κ2) is 4.63. The number of hydrogen-bond acceptors (Lipinski definition) is 3. The van der Waals surface area contributed by atoms with Crippen LogP contribution in [0.25, 0.3) is 0 Å². The van der Waals surface area contributed by atoms with Gasteiger partial charge in [0, 0.05) is 38.4 Å². The van der Waals surface area contributed by atoms with Crippen molar-refractivity contribution in [2.45, 2.75) is 38.3 Å². The molecular formula is C14H21N3O2. The van der Waals surface area contributed by atoms with Crippen LogP contribution in [0, 0.1) is 11.8 Å². The maximum atomic E-state index is 12.0. The molecule has 2 saturated carbocycles.